The largest absolute Gasteiger partial charge is 0.467 e. The van der Waals surface area contributed by atoms with E-state index in [0.717, 1.165) is 11.3 Å². The number of nitrogen functional groups attached to an aromatic ring is 1. The summed E-state index contributed by atoms with van der Waals surface area (Å²) in [6.45, 7) is 0.273. The number of sulfonamides is 1. The third-order valence-electron chi connectivity index (χ3n) is 2.17. The highest BCUT2D eigenvalue weighted by Crippen LogP contribution is 2.32. The first-order valence-electron chi connectivity index (χ1n) is 5.26. The Hall–Kier alpha value is -1.29. The summed E-state index contributed by atoms with van der Waals surface area (Å²) in [5.74, 6) is 0.630. The molecule has 0 fully saturated rings. The van der Waals surface area contributed by atoms with Gasteiger partial charge in [0.2, 0.25) is 0 Å². The Bertz CT molecular complexity index is 709. The lowest BCUT2D eigenvalue weighted by molar-refractivity contribution is 0.503. The first-order valence-corrected chi connectivity index (χ1v) is 8.35. The molecule has 108 valence electrons. The second kappa shape index (κ2) is 6.00. The van der Waals surface area contributed by atoms with E-state index in [2.05, 4.69) is 10.0 Å². The molecule has 2 heterocycles. The minimum Gasteiger partial charge on any atom is -0.467 e. The van der Waals surface area contributed by atoms with E-state index in [1.165, 1.54) is 12.3 Å². The molecule has 0 bridgehead atoms. The van der Waals surface area contributed by atoms with Crippen molar-refractivity contribution in [2.75, 3.05) is 5.73 Å². The van der Waals surface area contributed by atoms with Crippen molar-refractivity contribution in [1.82, 2.24) is 10.0 Å². The van der Waals surface area contributed by atoms with Gasteiger partial charge < -0.3 is 15.5 Å². The van der Waals surface area contributed by atoms with E-state index >= 15 is 0 Å². The Kier molecular flexibility index (Phi) is 4.53. The summed E-state index contributed by atoms with van der Waals surface area (Å²) in [6.07, 6.45) is 1.51. The van der Waals surface area contributed by atoms with E-state index in [4.69, 9.17) is 34.0 Å². The molecule has 0 spiro atoms. The van der Waals surface area contributed by atoms with Crippen molar-refractivity contribution >= 4 is 56.0 Å². The standard InChI is InChI=1S/C10H10ClN3O3S3/c11-8-4-7(12)9(19-8)20(15,16)14-10(18)13-5-6-2-1-3-17-6/h1-4H,5,12H2,(H2,13,14,18). The molecule has 2 aromatic rings. The molecule has 0 aliphatic rings. The van der Waals surface area contributed by atoms with Crippen LogP contribution in [0.2, 0.25) is 4.34 Å². The van der Waals surface area contributed by atoms with Crippen LogP contribution in [0.4, 0.5) is 5.69 Å². The lowest BCUT2D eigenvalue weighted by atomic mass is 10.4. The Morgan fingerprint density at radius 1 is 1.55 bits per heavy atom. The van der Waals surface area contributed by atoms with Crippen LogP contribution in [0.25, 0.3) is 0 Å². The van der Waals surface area contributed by atoms with Crippen LogP contribution in [0.15, 0.2) is 33.1 Å². The maximum absolute atomic E-state index is 12.0. The highest BCUT2D eigenvalue weighted by molar-refractivity contribution is 7.93. The average molecular weight is 352 g/mol. The van der Waals surface area contributed by atoms with Crippen LogP contribution in [-0.2, 0) is 16.6 Å². The number of thiophene rings is 1. The molecule has 6 nitrogen and oxygen atoms in total. The maximum Gasteiger partial charge on any atom is 0.275 e. The summed E-state index contributed by atoms with van der Waals surface area (Å²) >= 11 is 11.5. The third kappa shape index (κ3) is 3.63. The Morgan fingerprint density at radius 2 is 2.30 bits per heavy atom. The molecule has 0 unspecified atom stereocenters. The maximum atomic E-state index is 12.0. The van der Waals surface area contributed by atoms with Crippen molar-refractivity contribution in [3.05, 3.63) is 34.6 Å². The smallest absolute Gasteiger partial charge is 0.275 e. The lowest BCUT2D eigenvalue weighted by Gasteiger charge is -2.09. The number of anilines is 1. The van der Waals surface area contributed by atoms with Crippen LogP contribution >= 0.6 is 35.2 Å². The van der Waals surface area contributed by atoms with Crippen molar-refractivity contribution in [2.24, 2.45) is 0 Å². The third-order valence-corrected chi connectivity index (χ3v) is 5.72. The Morgan fingerprint density at radius 3 is 2.85 bits per heavy atom. The summed E-state index contributed by atoms with van der Waals surface area (Å²) in [7, 11) is -3.84. The molecule has 0 radical (unpaired) electrons. The summed E-state index contributed by atoms with van der Waals surface area (Å²) in [6, 6.07) is 4.83. The second-order valence-electron chi connectivity index (χ2n) is 3.66. The van der Waals surface area contributed by atoms with Gasteiger partial charge in [-0.15, -0.1) is 11.3 Å². The van der Waals surface area contributed by atoms with Crippen LogP contribution in [-0.4, -0.2) is 13.5 Å². The minimum absolute atomic E-state index is 0.0506. The monoisotopic (exact) mass is 351 g/mol. The zero-order valence-electron chi connectivity index (χ0n) is 9.92. The van der Waals surface area contributed by atoms with Crippen LogP contribution in [0.3, 0.4) is 0 Å². The molecule has 4 N–H and O–H groups in total. The zero-order valence-corrected chi connectivity index (χ0v) is 13.1. The van der Waals surface area contributed by atoms with Crippen LogP contribution in [0.1, 0.15) is 5.76 Å². The first-order chi connectivity index (χ1) is 9.38. The van der Waals surface area contributed by atoms with Gasteiger partial charge in [-0.05, 0) is 30.4 Å². The van der Waals surface area contributed by atoms with Gasteiger partial charge in [-0.25, -0.2) is 8.42 Å². The van der Waals surface area contributed by atoms with Crippen LogP contribution in [0.5, 0.6) is 0 Å². The molecule has 0 saturated carbocycles. The minimum atomic E-state index is -3.84. The zero-order chi connectivity index (χ0) is 14.8. The second-order valence-corrected chi connectivity index (χ2v) is 7.63. The molecule has 0 aromatic carbocycles. The van der Waals surface area contributed by atoms with E-state index in [9.17, 15) is 8.42 Å². The fourth-order valence-corrected chi connectivity index (χ4v) is 4.39. The van der Waals surface area contributed by atoms with Gasteiger partial charge in [0, 0.05) is 0 Å². The Balaban J connectivity index is 2.01. The topological polar surface area (TPSA) is 97.4 Å². The highest BCUT2D eigenvalue weighted by Gasteiger charge is 2.22. The SMILES string of the molecule is Nc1cc(Cl)sc1S(=O)(=O)NC(=S)NCc1ccco1. The summed E-state index contributed by atoms with van der Waals surface area (Å²) in [5, 5.41) is 2.66. The van der Waals surface area contributed by atoms with E-state index in [1.807, 2.05) is 0 Å². The predicted molar refractivity (Wildman–Crippen MR) is 82.2 cm³/mol. The fraction of sp³-hybridized carbons (Fsp3) is 0.100. The van der Waals surface area contributed by atoms with Gasteiger partial charge in [0.05, 0.1) is 22.8 Å². The van der Waals surface area contributed by atoms with Crippen molar-refractivity contribution in [3.63, 3.8) is 0 Å². The molecule has 0 amide bonds. The van der Waals surface area contributed by atoms with E-state index in [0.29, 0.717) is 5.76 Å². The van der Waals surface area contributed by atoms with Gasteiger partial charge in [0.15, 0.2) is 9.32 Å². The molecule has 0 aliphatic heterocycles. The number of nitrogens with one attached hydrogen (secondary N) is 2. The fourth-order valence-electron chi connectivity index (χ4n) is 1.35. The van der Waals surface area contributed by atoms with Crippen LogP contribution < -0.4 is 15.8 Å². The quantitative estimate of drug-likeness (QED) is 0.728. The molecular formula is C10H10ClN3O3S3. The molecule has 0 atom stereocenters. The van der Waals surface area contributed by atoms with Gasteiger partial charge in [-0.1, -0.05) is 11.6 Å². The van der Waals surface area contributed by atoms with Crippen LogP contribution in [0, 0.1) is 0 Å². The van der Waals surface area contributed by atoms with E-state index in [1.54, 1.807) is 12.1 Å². The summed E-state index contributed by atoms with van der Waals surface area (Å²) < 4.78 is 31.6. The van der Waals surface area contributed by atoms with Crippen molar-refractivity contribution in [2.45, 2.75) is 10.8 Å². The van der Waals surface area contributed by atoms with Crippen molar-refractivity contribution in [1.29, 1.82) is 0 Å². The number of halogens is 1. The molecule has 20 heavy (non-hydrogen) atoms. The lowest BCUT2D eigenvalue weighted by Crippen LogP contribution is -2.38. The number of rotatable bonds is 4. The number of furan rings is 1. The molecule has 0 aliphatic carbocycles. The van der Waals surface area contributed by atoms with Crippen molar-refractivity contribution < 1.29 is 12.8 Å². The number of hydrogen-bond acceptors (Lipinski definition) is 6. The number of hydrogen-bond donors (Lipinski definition) is 3. The van der Waals surface area contributed by atoms with Gasteiger partial charge in [-0.2, -0.15) is 0 Å². The number of nitrogens with two attached hydrogens (primary N) is 1. The predicted octanol–water partition coefficient (Wildman–Crippen LogP) is 1.93. The van der Waals surface area contributed by atoms with Gasteiger partial charge in [0.25, 0.3) is 10.0 Å². The molecule has 2 rings (SSSR count). The molecule has 0 saturated heterocycles. The molecule has 10 heteroatoms. The number of thiocarbonyl (C=S) groups is 1. The molecular weight excluding hydrogens is 342 g/mol. The van der Waals surface area contributed by atoms with Gasteiger partial charge >= 0.3 is 0 Å². The summed E-state index contributed by atoms with van der Waals surface area (Å²) in [4.78, 5) is 0. The summed E-state index contributed by atoms with van der Waals surface area (Å²) in [5.41, 5.74) is 5.67. The average Bonchev–Trinajstić information content (AvgIpc) is 2.95. The normalized spacial score (nSPS) is 11.2. The van der Waals surface area contributed by atoms with E-state index in [-0.39, 0.29) is 25.9 Å². The Labute approximate surface area is 130 Å². The first kappa shape index (κ1) is 15.1. The molecule has 2 aromatic heterocycles. The van der Waals surface area contributed by atoms with Gasteiger partial charge in [-0.3, -0.25) is 4.72 Å². The highest BCUT2D eigenvalue weighted by atomic mass is 35.5. The van der Waals surface area contributed by atoms with Crippen molar-refractivity contribution in [3.8, 4) is 0 Å². The van der Waals surface area contributed by atoms with Gasteiger partial charge in [0.1, 0.15) is 5.76 Å². The van der Waals surface area contributed by atoms with E-state index < -0.39 is 10.0 Å².